The highest BCUT2D eigenvalue weighted by molar-refractivity contribution is 5.90. The number of hydrogen-bond acceptors (Lipinski definition) is 6. The number of rotatable bonds is 4. The van der Waals surface area contributed by atoms with Crippen LogP contribution in [0.25, 0.3) is 0 Å². The van der Waals surface area contributed by atoms with Gasteiger partial charge in [0.1, 0.15) is 5.82 Å². The monoisotopic (exact) mass is 324 g/mol. The standard InChI is InChI=1S/C18H20N4O2/c1-24-18(23)16-7-5-15(6-8-16)14-20-22-12-10-21(11-13-22)17-4-2-3-9-19-17/h2-9,14H,10-13H2,1H3/b20-14-. The molecule has 0 aliphatic carbocycles. The Kier molecular flexibility index (Phi) is 5.05. The lowest BCUT2D eigenvalue weighted by Gasteiger charge is -2.33. The van der Waals surface area contributed by atoms with Crippen molar-refractivity contribution in [3.8, 4) is 0 Å². The fourth-order valence-corrected chi connectivity index (χ4v) is 2.55. The summed E-state index contributed by atoms with van der Waals surface area (Å²) >= 11 is 0. The van der Waals surface area contributed by atoms with E-state index in [1.807, 2.05) is 47.8 Å². The second-order valence-corrected chi connectivity index (χ2v) is 5.49. The predicted octanol–water partition coefficient (Wildman–Crippen LogP) is 2.02. The van der Waals surface area contributed by atoms with Gasteiger partial charge in [-0.3, -0.25) is 5.01 Å². The second kappa shape index (κ2) is 7.59. The minimum absolute atomic E-state index is 0.330. The van der Waals surface area contributed by atoms with E-state index < -0.39 is 0 Å². The Morgan fingerprint density at radius 1 is 1.12 bits per heavy atom. The average Bonchev–Trinajstić information content (AvgIpc) is 2.67. The number of pyridine rings is 1. The number of carbonyl (C=O) groups is 1. The van der Waals surface area contributed by atoms with Crippen LogP contribution >= 0.6 is 0 Å². The summed E-state index contributed by atoms with van der Waals surface area (Å²) in [5.41, 5.74) is 1.49. The molecule has 124 valence electrons. The Labute approximate surface area is 141 Å². The number of methoxy groups -OCH3 is 1. The van der Waals surface area contributed by atoms with Crippen molar-refractivity contribution in [3.05, 3.63) is 59.8 Å². The highest BCUT2D eigenvalue weighted by Gasteiger charge is 2.16. The summed E-state index contributed by atoms with van der Waals surface area (Å²) in [6.45, 7) is 3.51. The summed E-state index contributed by atoms with van der Waals surface area (Å²) in [6, 6.07) is 13.2. The van der Waals surface area contributed by atoms with E-state index in [1.54, 1.807) is 12.1 Å². The summed E-state index contributed by atoms with van der Waals surface area (Å²) < 4.78 is 4.69. The van der Waals surface area contributed by atoms with E-state index in [9.17, 15) is 4.79 Å². The van der Waals surface area contributed by atoms with E-state index in [0.717, 1.165) is 37.6 Å². The number of anilines is 1. The summed E-state index contributed by atoms with van der Waals surface area (Å²) in [5, 5.41) is 6.57. The van der Waals surface area contributed by atoms with Gasteiger partial charge in [-0.2, -0.15) is 5.10 Å². The van der Waals surface area contributed by atoms with E-state index >= 15 is 0 Å². The lowest BCUT2D eigenvalue weighted by atomic mass is 10.1. The number of benzene rings is 1. The van der Waals surface area contributed by atoms with Crippen LogP contribution in [-0.2, 0) is 4.74 Å². The summed E-state index contributed by atoms with van der Waals surface area (Å²) in [4.78, 5) is 18.0. The van der Waals surface area contributed by atoms with E-state index in [-0.39, 0.29) is 5.97 Å². The molecule has 6 heteroatoms. The molecule has 1 aliphatic heterocycles. The van der Waals surface area contributed by atoms with Gasteiger partial charge >= 0.3 is 5.97 Å². The highest BCUT2D eigenvalue weighted by Crippen LogP contribution is 2.12. The van der Waals surface area contributed by atoms with Crippen LogP contribution in [-0.4, -0.2) is 55.5 Å². The molecule has 3 rings (SSSR count). The number of hydrogen-bond donors (Lipinski definition) is 0. The first-order chi connectivity index (χ1) is 11.8. The zero-order chi connectivity index (χ0) is 16.8. The van der Waals surface area contributed by atoms with Crippen molar-refractivity contribution in [2.24, 2.45) is 5.10 Å². The molecule has 1 aromatic carbocycles. The van der Waals surface area contributed by atoms with Crippen molar-refractivity contribution in [1.82, 2.24) is 9.99 Å². The van der Waals surface area contributed by atoms with Gasteiger partial charge in [0.15, 0.2) is 0 Å². The maximum Gasteiger partial charge on any atom is 0.337 e. The fraction of sp³-hybridized carbons (Fsp3) is 0.278. The Morgan fingerprint density at radius 3 is 2.50 bits per heavy atom. The van der Waals surface area contributed by atoms with Crippen molar-refractivity contribution in [1.29, 1.82) is 0 Å². The molecule has 0 spiro atoms. The second-order valence-electron chi connectivity index (χ2n) is 5.49. The predicted molar refractivity (Wildman–Crippen MR) is 93.4 cm³/mol. The minimum atomic E-state index is -0.330. The summed E-state index contributed by atoms with van der Waals surface area (Å²) in [6.07, 6.45) is 3.63. The Hall–Kier alpha value is -2.89. The largest absolute Gasteiger partial charge is 0.465 e. The fourth-order valence-electron chi connectivity index (χ4n) is 2.55. The molecule has 1 fully saturated rings. The van der Waals surface area contributed by atoms with Gasteiger partial charge in [0, 0.05) is 19.3 Å². The summed E-state index contributed by atoms with van der Waals surface area (Å²) in [5.74, 6) is 0.684. The Bertz CT molecular complexity index is 693. The van der Waals surface area contributed by atoms with Crippen molar-refractivity contribution in [3.63, 3.8) is 0 Å². The van der Waals surface area contributed by atoms with Gasteiger partial charge in [-0.25, -0.2) is 9.78 Å². The lowest BCUT2D eigenvalue weighted by Crippen LogP contribution is -2.44. The lowest BCUT2D eigenvalue weighted by molar-refractivity contribution is 0.0600. The average molecular weight is 324 g/mol. The van der Waals surface area contributed by atoms with Crippen molar-refractivity contribution in [2.75, 3.05) is 38.2 Å². The third kappa shape index (κ3) is 3.90. The van der Waals surface area contributed by atoms with Gasteiger partial charge in [-0.1, -0.05) is 18.2 Å². The first-order valence-corrected chi connectivity index (χ1v) is 7.89. The maximum atomic E-state index is 11.4. The first kappa shape index (κ1) is 16.0. The molecule has 0 amide bonds. The molecule has 24 heavy (non-hydrogen) atoms. The number of esters is 1. The molecule has 0 saturated carbocycles. The summed E-state index contributed by atoms with van der Waals surface area (Å²) in [7, 11) is 1.38. The molecule has 1 aliphatic rings. The quantitative estimate of drug-likeness (QED) is 0.636. The van der Waals surface area contributed by atoms with Crippen LogP contribution in [0.15, 0.2) is 53.8 Å². The highest BCUT2D eigenvalue weighted by atomic mass is 16.5. The molecule has 2 aromatic rings. The number of nitrogens with zero attached hydrogens (tertiary/aromatic N) is 4. The molecule has 1 aromatic heterocycles. The molecule has 1 saturated heterocycles. The van der Waals surface area contributed by atoms with Gasteiger partial charge in [-0.05, 0) is 29.8 Å². The molecule has 0 radical (unpaired) electrons. The first-order valence-electron chi connectivity index (χ1n) is 7.89. The van der Waals surface area contributed by atoms with Gasteiger partial charge < -0.3 is 9.64 Å². The van der Waals surface area contributed by atoms with E-state index in [4.69, 9.17) is 0 Å². The number of piperazine rings is 1. The number of aromatic nitrogens is 1. The van der Waals surface area contributed by atoms with Crippen LogP contribution in [0.5, 0.6) is 0 Å². The van der Waals surface area contributed by atoms with Crippen molar-refractivity contribution < 1.29 is 9.53 Å². The third-order valence-electron chi connectivity index (χ3n) is 3.93. The number of carbonyl (C=O) groups excluding carboxylic acids is 1. The minimum Gasteiger partial charge on any atom is -0.465 e. The Morgan fingerprint density at radius 2 is 1.88 bits per heavy atom. The van der Waals surface area contributed by atoms with Gasteiger partial charge in [0.25, 0.3) is 0 Å². The molecular formula is C18H20N4O2. The van der Waals surface area contributed by atoms with Crippen LogP contribution < -0.4 is 4.90 Å². The van der Waals surface area contributed by atoms with Crippen LogP contribution in [0.3, 0.4) is 0 Å². The topological polar surface area (TPSA) is 58.0 Å². The van der Waals surface area contributed by atoms with Crippen molar-refractivity contribution >= 4 is 18.0 Å². The number of hydrazone groups is 1. The van der Waals surface area contributed by atoms with E-state index in [1.165, 1.54) is 7.11 Å². The molecule has 0 N–H and O–H groups in total. The molecule has 2 heterocycles. The van der Waals surface area contributed by atoms with Gasteiger partial charge in [0.2, 0.25) is 0 Å². The normalized spacial score (nSPS) is 14.9. The van der Waals surface area contributed by atoms with Gasteiger partial charge in [0.05, 0.1) is 32.0 Å². The number of ether oxygens (including phenoxy) is 1. The SMILES string of the molecule is COC(=O)c1ccc(/C=N\N2CCN(c3ccccn3)CC2)cc1. The van der Waals surface area contributed by atoms with Crippen LogP contribution in [0.2, 0.25) is 0 Å². The van der Waals surface area contributed by atoms with E-state index in [0.29, 0.717) is 5.56 Å². The van der Waals surface area contributed by atoms with Crippen molar-refractivity contribution in [2.45, 2.75) is 0 Å². The zero-order valence-electron chi connectivity index (χ0n) is 13.6. The van der Waals surface area contributed by atoms with Crippen LogP contribution in [0, 0.1) is 0 Å². The van der Waals surface area contributed by atoms with Crippen LogP contribution in [0.1, 0.15) is 15.9 Å². The molecule has 6 nitrogen and oxygen atoms in total. The van der Waals surface area contributed by atoms with Crippen LogP contribution in [0.4, 0.5) is 5.82 Å². The molecule has 0 unspecified atom stereocenters. The molecular weight excluding hydrogens is 304 g/mol. The third-order valence-corrected chi connectivity index (χ3v) is 3.93. The molecule has 0 bridgehead atoms. The van der Waals surface area contributed by atoms with Gasteiger partial charge in [-0.15, -0.1) is 0 Å². The zero-order valence-corrected chi connectivity index (χ0v) is 13.6. The Balaban J connectivity index is 1.54. The van der Waals surface area contributed by atoms with E-state index in [2.05, 4.69) is 19.7 Å². The smallest absolute Gasteiger partial charge is 0.337 e. The maximum absolute atomic E-state index is 11.4. The molecule has 0 atom stereocenters.